The van der Waals surface area contributed by atoms with Crippen LogP contribution in [0, 0.1) is 26.6 Å². The van der Waals surface area contributed by atoms with Gasteiger partial charge >= 0.3 is 0 Å². The Kier molecular flexibility index (Phi) is 6.70. The third kappa shape index (κ3) is 4.76. The molecule has 0 aliphatic heterocycles. The number of anilines is 1. The molecule has 0 bridgehead atoms. The van der Waals surface area contributed by atoms with Crippen molar-refractivity contribution in [3.05, 3.63) is 81.7 Å². The second-order valence-corrected chi connectivity index (χ2v) is 9.21. The molecule has 0 fully saturated rings. The summed E-state index contributed by atoms with van der Waals surface area (Å²) < 4.78 is 49.6. The maximum absolute atomic E-state index is 13.9. The van der Waals surface area contributed by atoms with E-state index >= 15 is 0 Å². The lowest BCUT2D eigenvalue weighted by atomic mass is 10.1. The Morgan fingerprint density at radius 2 is 1.87 bits per heavy atom. The molecule has 0 saturated heterocycles. The number of hydrogen-bond acceptors (Lipinski definition) is 5. The highest BCUT2D eigenvalue weighted by molar-refractivity contribution is 6.31. The zero-order valence-electron chi connectivity index (χ0n) is 20.6. The van der Waals surface area contributed by atoms with Gasteiger partial charge in [0.25, 0.3) is 6.43 Å². The first kappa shape index (κ1) is 25.5. The van der Waals surface area contributed by atoms with Crippen molar-refractivity contribution < 1.29 is 22.4 Å². The molecule has 0 atom stereocenters. The molecular formula is C26H22ClF3N6O2. The molecule has 0 radical (unpaired) electrons. The molecule has 1 aromatic carbocycles. The Morgan fingerprint density at radius 1 is 1.11 bits per heavy atom. The molecular weight excluding hydrogens is 521 g/mol. The van der Waals surface area contributed by atoms with Gasteiger partial charge in [0.2, 0.25) is 5.91 Å². The predicted molar refractivity (Wildman–Crippen MR) is 136 cm³/mol. The van der Waals surface area contributed by atoms with Crippen molar-refractivity contribution >= 4 is 34.2 Å². The van der Waals surface area contributed by atoms with Gasteiger partial charge in [-0.25, -0.2) is 22.8 Å². The Hall–Kier alpha value is -4.12. The van der Waals surface area contributed by atoms with Gasteiger partial charge in [-0.3, -0.25) is 9.48 Å². The van der Waals surface area contributed by atoms with Gasteiger partial charge in [-0.05, 0) is 56.7 Å². The number of pyridine rings is 1. The Morgan fingerprint density at radius 3 is 2.55 bits per heavy atom. The van der Waals surface area contributed by atoms with Crippen molar-refractivity contribution in [3.8, 4) is 11.5 Å². The molecule has 5 aromatic rings. The number of nitrogens with zero attached hydrogens (tertiary/aromatic N) is 5. The number of furan rings is 1. The molecule has 0 aliphatic carbocycles. The predicted octanol–water partition coefficient (Wildman–Crippen LogP) is 6.23. The summed E-state index contributed by atoms with van der Waals surface area (Å²) in [7, 11) is 0. The molecule has 196 valence electrons. The van der Waals surface area contributed by atoms with Crippen LogP contribution in [0.4, 0.5) is 18.9 Å². The highest BCUT2D eigenvalue weighted by Crippen LogP contribution is 2.33. The van der Waals surface area contributed by atoms with E-state index in [4.69, 9.17) is 16.0 Å². The minimum atomic E-state index is -2.77. The van der Waals surface area contributed by atoms with Crippen LogP contribution in [0.5, 0.6) is 0 Å². The molecule has 4 aromatic heterocycles. The van der Waals surface area contributed by atoms with E-state index in [0.717, 1.165) is 0 Å². The maximum Gasteiger partial charge on any atom is 0.264 e. The van der Waals surface area contributed by atoms with Crippen molar-refractivity contribution in [3.63, 3.8) is 0 Å². The number of hydrogen-bond donors (Lipinski definition) is 1. The number of aryl methyl sites for hydroxylation is 2. The summed E-state index contributed by atoms with van der Waals surface area (Å²) in [5.41, 5.74) is 2.85. The molecule has 4 heterocycles. The lowest BCUT2D eigenvalue weighted by Gasteiger charge is -2.09. The van der Waals surface area contributed by atoms with E-state index in [-0.39, 0.29) is 40.4 Å². The van der Waals surface area contributed by atoms with E-state index in [9.17, 15) is 18.0 Å². The number of alkyl halides is 2. The van der Waals surface area contributed by atoms with Gasteiger partial charge in [0.1, 0.15) is 18.1 Å². The average Bonchev–Trinajstić information content (AvgIpc) is 3.57. The third-order valence-electron chi connectivity index (χ3n) is 6.19. The van der Waals surface area contributed by atoms with E-state index in [0.29, 0.717) is 34.1 Å². The number of benzene rings is 1. The first-order valence-corrected chi connectivity index (χ1v) is 12.0. The summed E-state index contributed by atoms with van der Waals surface area (Å²) in [6, 6.07) is 8.65. The van der Waals surface area contributed by atoms with E-state index in [1.165, 1.54) is 29.1 Å². The van der Waals surface area contributed by atoms with Crippen LogP contribution in [0.2, 0.25) is 5.02 Å². The zero-order valence-corrected chi connectivity index (χ0v) is 21.4. The molecule has 1 amide bonds. The SMILES string of the molecule is Cc1nn(Cc2ccc(F)cc2Cl)c(C)c1NC(=O)Cn1nc(C)c2c(C(F)F)cc(-c3ccco3)nc21. The number of nitrogens with one attached hydrogen (secondary N) is 1. The molecule has 0 unspecified atom stereocenters. The Bertz CT molecular complexity index is 1660. The summed E-state index contributed by atoms with van der Waals surface area (Å²) in [5.74, 6) is -0.555. The first-order chi connectivity index (χ1) is 18.1. The number of aromatic nitrogens is 5. The zero-order chi connectivity index (χ0) is 27.1. The van der Waals surface area contributed by atoms with E-state index in [1.54, 1.807) is 43.7 Å². The van der Waals surface area contributed by atoms with Crippen molar-refractivity contribution in [1.29, 1.82) is 0 Å². The number of rotatable bonds is 7. The van der Waals surface area contributed by atoms with Crippen LogP contribution in [0.3, 0.4) is 0 Å². The van der Waals surface area contributed by atoms with Crippen molar-refractivity contribution in [2.75, 3.05) is 5.32 Å². The molecule has 0 spiro atoms. The van der Waals surface area contributed by atoms with E-state index in [1.807, 2.05) is 0 Å². The maximum atomic E-state index is 13.9. The van der Waals surface area contributed by atoms with Crippen molar-refractivity contribution in [2.24, 2.45) is 0 Å². The van der Waals surface area contributed by atoms with Gasteiger partial charge in [-0.15, -0.1) is 0 Å². The van der Waals surface area contributed by atoms with Gasteiger partial charge in [-0.2, -0.15) is 10.2 Å². The van der Waals surface area contributed by atoms with Gasteiger partial charge in [-0.1, -0.05) is 17.7 Å². The van der Waals surface area contributed by atoms with Crippen LogP contribution in [0.25, 0.3) is 22.5 Å². The fourth-order valence-corrected chi connectivity index (χ4v) is 4.60. The number of carbonyl (C=O) groups excluding carboxylic acids is 1. The fourth-order valence-electron chi connectivity index (χ4n) is 4.38. The number of amides is 1. The van der Waals surface area contributed by atoms with E-state index < -0.39 is 18.1 Å². The second kappa shape index (κ2) is 9.97. The molecule has 5 rings (SSSR count). The standard InChI is InChI=1S/C26H22ClF3N6O2/c1-13-23-18(25(29)30)10-20(21-5-4-8-38-21)31-26(23)36(33-13)12-22(37)32-24-14(2)34-35(15(24)3)11-16-6-7-17(28)9-19(16)27/h4-10,25H,11-12H2,1-3H3,(H,32,37). The Labute approximate surface area is 220 Å². The quantitative estimate of drug-likeness (QED) is 0.263. The monoisotopic (exact) mass is 542 g/mol. The van der Waals surface area contributed by atoms with Crippen LogP contribution in [0.15, 0.2) is 47.1 Å². The normalized spacial score (nSPS) is 11.6. The number of halogens is 4. The van der Waals surface area contributed by atoms with Crippen LogP contribution in [-0.4, -0.2) is 30.5 Å². The average molecular weight is 543 g/mol. The highest BCUT2D eigenvalue weighted by Gasteiger charge is 2.23. The van der Waals surface area contributed by atoms with Crippen LogP contribution >= 0.6 is 11.6 Å². The van der Waals surface area contributed by atoms with Gasteiger partial charge in [0, 0.05) is 10.6 Å². The topological polar surface area (TPSA) is 90.8 Å². The summed E-state index contributed by atoms with van der Waals surface area (Å²) in [4.78, 5) is 17.5. The van der Waals surface area contributed by atoms with Crippen molar-refractivity contribution in [1.82, 2.24) is 24.5 Å². The summed E-state index contributed by atoms with van der Waals surface area (Å²) >= 11 is 6.16. The van der Waals surface area contributed by atoms with Crippen LogP contribution in [0.1, 0.15) is 34.6 Å². The van der Waals surface area contributed by atoms with Gasteiger partial charge in [0.05, 0.1) is 41.0 Å². The van der Waals surface area contributed by atoms with Gasteiger partial charge in [0.15, 0.2) is 11.4 Å². The van der Waals surface area contributed by atoms with Crippen molar-refractivity contribution in [2.45, 2.75) is 40.3 Å². The van der Waals surface area contributed by atoms with Crippen LogP contribution < -0.4 is 5.32 Å². The van der Waals surface area contributed by atoms with Gasteiger partial charge < -0.3 is 9.73 Å². The molecule has 12 heteroatoms. The van der Waals surface area contributed by atoms with Crippen LogP contribution in [-0.2, 0) is 17.9 Å². The molecule has 0 saturated carbocycles. The molecule has 1 N–H and O–H groups in total. The minimum Gasteiger partial charge on any atom is -0.463 e. The third-order valence-corrected chi connectivity index (χ3v) is 6.54. The second-order valence-electron chi connectivity index (χ2n) is 8.80. The van der Waals surface area contributed by atoms with E-state index in [2.05, 4.69) is 20.5 Å². The summed E-state index contributed by atoms with van der Waals surface area (Å²) in [6.07, 6.45) is -1.35. The smallest absolute Gasteiger partial charge is 0.264 e. The first-order valence-electron chi connectivity index (χ1n) is 11.6. The summed E-state index contributed by atoms with van der Waals surface area (Å²) in [6.45, 7) is 5.13. The molecule has 8 nitrogen and oxygen atoms in total. The number of fused-ring (bicyclic) bond motifs is 1. The largest absolute Gasteiger partial charge is 0.463 e. The molecule has 0 aliphatic rings. The highest BCUT2D eigenvalue weighted by atomic mass is 35.5. The molecule has 38 heavy (non-hydrogen) atoms. The lowest BCUT2D eigenvalue weighted by molar-refractivity contribution is -0.116. The fraction of sp³-hybridized carbons (Fsp3) is 0.231. The Balaban J connectivity index is 1.43. The summed E-state index contributed by atoms with van der Waals surface area (Å²) in [5, 5.41) is 12.1. The lowest BCUT2D eigenvalue weighted by Crippen LogP contribution is -2.20. The number of carbonyl (C=O) groups is 1. The minimum absolute atomic E-state index is 0.150.